The molecule has 2 N–H and O–H groups in total. The fraction of sp³-hybridized carbons (Fsp3) is 0.409. The van der Waals surface area contributed by atoms with E-state index in [1.165, 1.54) is 11.1 Å². The molecule has 30 heavy (non-hydrogen) atoms. The second-order valence-electron chi connectivity index (χ2n) is 6.56. The molecular weight excluding hydrogens is 497 g/mol. The molecule has 0 unspecified atom stereocenters. The predicted octanol–water partition coefficient (Wildman–Crippen LogP) is 3.69. The summed E-state index contributed by atoms with van der Waals surface area (Å²) in [6.07, 6.45) is 0. The zero-order valence-electron chi connectivity index (χ0n) is 18.5. The Kier molecular flexibility index (Phi) is 11.2. The molecule has 0 saturated heterocycles. The van der Waals surface area contributed by atoms with Crippen LogP contribution < -0.4 is 29.6 Å². The van der Waals surface area contributed by atoms with Crippen LogP contribution in [0.15, 0.2) is 35.3 Å². The van der Waals surface area contributed by atoms with E-state index in [4.69, 9.17) is 18.9 Å². The minimum Gasteiger partial charge on any atom is -0.493 e. The Hall–Kier alpha value is -2.36. The summed E-state index contributed by atoms with van der Waals surface area (Å²) in [6, 6.07) is 10.0. The average molecular weight is 529 g/mol. The van der Waals surface area contributed by atoms with E-state index >= 15 is 0 Å². The first-order valence-electron chi connectivity index (χ1n) is 9.45. The number of nitrogens with one attached hydrogen (secondary N) is 2. The monoisotopic (exact) mass is 529 g/mol. The molecule has 0 bridgehead atoms. The highest BCUT2D eigenvalue weighted by Crippen LogP contribution is 2.38. The van der Waals surface area contributed by atoms with Crippen LogP contribution in [0.5, 0.6) is 23.0 Å². The number of hydrogen-bond acceptors (Lipinski definition) is 5. The minimum absolute atomic E-state index is 0. The number of rotatable bonds is 9. The van der Waals surface area contributed by atoms with Crippen LogP contribution in [-0.2, 0) is 6.54 Å². The Labute approximate surface area is 196 Å². The number of guanidine groups is 1. The second-order valence-corrected chi connectivity index (χ2v) is 6.56. The third kappa shape index (κ3) is 7.47. The van der Waals surface area contributed by atoms with Gasteiger partial charge in [-0.15, -0.1) is 24.0 Å². The van der Waals surface area contributed by atoms with Crippen LogP contribution in [0.3, 0.4) is 0 Å². The zero-order chi connectivity index (χ0) is 21.2. The summed E-state index contributed by atoms with van der Waals surface area (Å²) in [5.74, 6) is 3.37. The number of methoxy groups -OCH3 is 3. The zero-order valence-corrected chi connectivity index (χ0v) is 20.8. The molecule has 0 saturated carbocycles. The summed E-state index contributed by atoms with van der Waals surface area (Å²) in [7, 11) is 6.52. The highest BCUT2D eigenvalue weighted by Gasteiger charge is 2.13. The van der Waals surface area contributed by atoms with Crippen LogP contribution in [0.1, 0.15) is 16.7 Å². The van der Waals surface area contributed by atoms with Gasteiger partial charge in [-0.25, -0.2) is 0 Å². The van der Waals surface area contributed by atoms with Crippen molar-refractivity contribution >= 4 is 29.9 Å². The lowest BCUT2D eigenvalue weighted by Crippen LogP contribution is -2.38. The fourth-order valence-electron chi connectivity index (χ4n) is 3.00. The Morgan fingerprint density at radius 2 is 1.47 bits per heavy atom. The van der Waals surface area contributed by atoms with Crippen LogP contribution in [-0.4, -0.2) is 47.5 Å². The largest absolute Gasteiger partial charge is 0.493 e. The van der Waals surface area contributed by atoms with Gasteiger partial charge in [0.1, 0.15) is 12.4 Å². The SMILES string of the molecule is CN=C(NCCOc1cc(C)cc(C)c1)NCc1cc(OC)c(OC)c(OC)c1.I. The molecule has 7 nitrogen and oxygen atoms in total. The highest BCUT2D eigenvalue weighted by molar-refractivity contribution is 14.0. The third-order valence-electron chi connectivity index (χ3n) is 4.27. The molecule has 0 aliphatic heterocycles. The Balaban J connectivity index is 0.00000450. The van der Waals surface area contributed by atoms with Crippen molar-refractivity contribution < 1.29 is 18.9 Å². The van der Waals surface area contributed by atoms with E-state index in [9.17, 15) is 0 Å². The molecule has 0 aliphatic carbocycles. The second kappa shape index (κ2) is 13.0. The van der Waals surface area contributed by atoms with Crippen molar-refractivity contribution in [2.24, 2.45) is 4.99 Å². The van der Waals surface area contributed by atoms with Gasteiger partial charge in [-0.2, -0.15) is 0 Å². The maximum Gasteiger partial charge on any atom is 0.203 e. The highest BCUT2D eigenvalue weighted by atomic mass is 127. The van der Waals surface area contributed by atoms with E-state index in [0.29, 0.717) is 42.9 Å². The van der Waals surface area contributed by atoms with Gasteiger partial charge in [0.15, 0.2) is 17.5 Å². The van der Waals surface area contributed by atoms with E-state index < -0.39 is 0 Å². The summed E-state index contributed by atoms with van der Waals surface area (Å²) in [5, 5.41) is 6.52. The number of aliphatic imine (C=N–C) groups is 1. The lowest BCUT2D eigenvalue weighted by Gasteiger charge is -2.16. The van der Waals surface area contributed by atoms with Crippen molar-refractivity contribution in [1.82, 2.24) is 10.6 Å². The first-order chi connectivity index (χ1) is 14.0. The third-order valence-corrected chi connectivity index (χ3v) is 4.27. The van der Waals surface area contributed by atoms with Gasteiger partial charge >= 0.3 is 0 Å². The van der Waals surface area contributed by atoms with Crippen molar-refractivity contribution in [3.8, 4) is 23.0 Å². The minimum atomic E-state index is 0. The van der Waals surface area contributed by atoms with Gasteiger partial charge in [0, 0.05) is 13.6 Å². The summed E-state index contributed by atoms with van der Waals surface area (Å²) in [4.78, 5) is 4.25. The molecule has 0 spiro atoms. The van der Waals surface area contributed by atoms with Crippen molar-refractivity contribution in [3.05, 3.63) is 47.0 Å². The lowest BCUT2D eigenvalue weighted by molar-refractivity contribution is 0.321. The van der Waals surface area contributed by atoms with Gasteiger partial charge in [0.2, 0.25) is 5.75 Å². The number of ether oxygens (including phenoxy) is 4. The first kappa shape index (κ1) is 25.7. The van der Waals surface area contributed by atoms with Crippen molar-refractivity contribution in [2.45, 2.75) is 20.4 Å². The number of benzene rings is 2. The molecule has 166 valence electrons. The Morgan fingerprint density at radius 1 is 0.867 bits per heavy atom. The molecule has 0 fully saturated rings. The first-order valence-corrected chi connectivity index (χ1v) is 9.45. The summed E-state index contributed by atoms with van der Waals surface area (Å²) in [6.45, 7) is 5.84. The molecule has 0 aromatic heterocycles. The smallest absolute Gasteiger partial charge is 0.203 e. The molecule has 8 heteroatoms. The van der Waals surface area contributed by atoms with Gasteiger partial charge in [0.25, 0.3) is 0 Å². The van der Waals surface area contributed by atoms with Crippen LogP contribution in [0, 0.1) is 13.8 Å². The van der Waals surface area contributed by atoms with E-state index in [1.54, 1.807) is 28.4 Å². The van der Waals surface area contributed by atoms with Gasteiger partial charge < -0.3 is 29.6 Å². The van der Waals surface area contributed by atoms with E-state index in [0.717, 1.165) is 11.3 Å². The van der Waals surface area contributed by atoms with E-state index in [1.807, 2.05) is 24.3 Å². The number of nitrogens with zero attached hydrogens (tertiary/aromatic N) is 1. The Morgan fingerprint density at radius 3 is 1.97 bits per heavy atom. The average Bonchev–Trinajstić information content (AvgIpc) is 2.71. The maximum absolute atomic E-state index is 5.82. The molecule has 0 amide bonds. The van der Waals surface area contributed by atoms with Gasteiger partial charge in [-0.05, 0) is 54.8 Å². The normalized spacial score (nSPS) is 10.7. The van der Waals surface area contributed by atoms with E-state index in [-0.39, 0.29) is 24.0 Å². The topological polar surface area (TPSA) is 73.3 Å². The summed E-state index contributed by atoms with van der Waals surface area (Å²) in [5.41, 5.74) is 3.36. The molecule has 0 atom stereocenters. The molecule has 2 aromatic carbocycles. The van der Waals surface area contributed by atoms with Crippen molar-refractivity contribution in [2.75, 3.05) is 41.5 Å². The molecule has 0 radical (unpaired) electrons. The molecule has 0 aliphatic rings. The van der Waals surface area contributed by atoms with E-state index in [2.05, 4.69) is 35.5 Å². The van der Waals surface area contributed by atoms with Gasteiger partial charge in [-0.3, -0.25) is 4.99 Å². The predicted molar refractivity (Wildman–Crippen MR) is 131 cm³/mol. The van der Waals surface area contributed by atoms with Crippen molar-refractivity contribution in [1.29, 1.82) is 0 Å². The summed E-state index contributed by atoms with van der Waals surface area (Å²) < 4.78 is 22.0. The summed E-state index contributed by atoms with van der Waals surface area (Å²) >= 11 is 0. The fourth-order valence-corrected chi connectivity index (χ4v) is 3.00. The van der Waals surface area contributed by atoms with Crippen LogP contribution in [0.25, 0.3) is 0 Å². The lowest BCUT2D eigenvalue weighted by atomic mass is 10.1. The number of aryl methyl sites for hydroxylation is 2. The number of hydrogen-bond donors (Lipinski definition) is 2. The van der Waals surface area contributed by atoms with Crippen LogP contribution >= 0.6 is 24.0 Å². The number of halogens is 1. The van der Waals surface area contributed by atoms with Crippen LogP contribution in [0.4, 0.5) is 0 Å². The molecular formula is C22H32IN3O4. The standard InChI is InChI=1S/C22H31N3O4.HI/c1-15-9-16(2)11-18(10-15)29-8-7-24-22(23-3)25-14-17-12-19(26-4)21(28-6)20(13-17)27-5;/h9-13H,7-8,14H2,1-6H3,(H2,23,24,25);1H. The molecule has 2 rings (SSSR count). The molecule has 0 heterocycles. The van der Waals surface area contributed by atoms with Gasteiger partial charge in [-0.1, -0.05) is 6.07 Å². The maximum atomic E-state index is 5.82. The quantitative estimate of drug-likeness (QED) is 0.224. The molecule has 2 aromatic rings. The van der Waals surface area contributed by atoms with Crippen LogP contribution in [0.2, 0.25) is 0 Å². The Bertz CT molecular complexity index is 798. The van der Waals surface area contributed by atoms with Gasteiger partial charge in [0.05, 0.1) is 27.9 Å². The van der Waals surface area contributed by atoms with Crippen molar-refractivity contribution in [3.63, 3.8) is 0 Å².